The first-order valence-corrected chi connectivity index (χ1v) is 8.98. The van der Waals surface area contributed by atoms with E-state index in [1.165, 1.54) is 4.90 Å². The lowest BCUT2D eigenvalue weighted by molar-refractivity contribution is -0.121. The molecule has 0 spiro atoms. The highest BCUT2D eigenvalue weighted by atomic mass is 35.5. The number of hydrogen-bond donors (Lipinski definition) is 2. The largest absolute Gasteiger partial charge is 0.326 e. The molecule has 0 unspecified atom stereocenters. The molecular weight excluding hydrogens is 381 g/mol. The van der Waals surface area contributed by atoms with E-state index in [2.05, 4.69) is 5.32 Å². The smallest absolute Gasteiger partial charge is 0.247 e. The molecular formula is C17H13Cl2N3O2S. The maximum Gasteiger partial charge on any atom is 0.247 e. The number of thioether (sulfide) groups is 1. The molecule has 2 N–H and O–H groups in total. The molecule has 0 bridgehead atoms. The van der Waals surface area contributed by atoms with Gasteiger partial charge < -0.3 is 5.32 Å². The predicted octanol–water partition coefficient (Wildman–Crippen LogP) is 4.41. The molecule has 0 radical (unpaired) electrons. The normalized spacial score (nSPS) is 17.0. The number of para-hydroxylation sites is 1. The van der Waals surface area contributed by atoms with E-state index in [4.69, 9.17) is 28.6 Å². The molecule has 1 aliphatic heterocycles. The molecule has 0 aromatic heterocycles. The van der Waals surface area contributed by atoms with Gasteiger partial charge in [0.2, 0.25) is 11.8 Å². The van der Waals surface area contributed by atoms with E-state index < -0.39 is 5.25 Å². The molecule has 2 aromatic carbocycles. The number of amidine groups is 1. The van der Waals surface area contributed by atoms with Crippen LogP contribution in [0.4, 0.5) is 11.4 Å². The lowest BCUT2D eigenvalue weighted by Crippen LogP contribution is -2.33. The monoisotopic (exact) mass is 393 g/mol. The van der Waals surface area contributed by atoms with Crippen molar-refractivity contribution in [3.8, 4) is 0 Å². The van der Waals surface area contributed by atoms with Crippen LogP contribution in [0.2, 0.25) is 10.0 Å². The quantitative estimate of drug-likeness (QED) is 0.807. The van der Waals surface area contributed by atoms with Gasteiger partial charge in [-0.05, 0) is 30.3 Å². The molecule has 1 aliphatic rings. The Labute approximate surface area is 158 Å². The van der Waals surface area contributed by atoms with Crippen molar-refractivity contribution in [2.24, 2.45) is 0 Å². The fourth-order valence-corrected chi connectivity index (χ4v) is 3.98. The minimum atomic E-state index is -0.637. The van der Waals surface area contributed by atoms with Crippen LogP contribution in [0.15, 0.2) is 48.5 Å². The standard InChI is InChI=1S/C17H13Cl2N3O2S/c18-10-6-11(19)8-12(7-10)21-15(23)9-14-16(24)22(17(20)25-14)13-4-2-1-3-5-13/h1-8,14,20H,9H2,(H,21,23)/t14-/m1/s1. The third-order valence-corrected chi connectivity index (χ3v) is 4.98. The van der Waals surface area contributed by atoms with Crippen LogP contribution in [0.5, 0.6) is 0 Å². The molecule has 0 aliphatic carbocycles. The van der Waals surface area contributed by atoms with Crippen molar-refractivity contribution in [1.29, 1.82) is 5.41 Å². The number of rotatable bonds is 4. The Balaban J connectivity index is 1.68. The number of nitrogens with one attached hydrogen (secondary N) is 2. The summed E-state index contributed by atoms with van der Waals surface area (Å²) < 4.78 is 0. The first kappa shape index (κ1) is 17.8. The van der Waals surface area contributed by atoms with Gasteiger partial charge in [-0.2, -0.15) is 0 Å². The summed E-state index contributed by atoms with van der Waals surface area (Å²) >= 11 is 12.9. The van der Waals surface area contributed by atoms with Gasteiger partial charge in [0, 0.05) is 22.2 Å². The minimum absolute atomic E-state index is 0.0423. The summed E-state index contributed by atoms with van der Waals surface area (Å²) in [4.78, 5) is 26.1. The number of halogens is 2. The topological polar surface area (TPSA) is 73.3 Å². The molecule has 0 saturated carbocycles. The fraction of sp³-hybridized carbons (Fsp3) is 0.118. The molecule has 1 heterocycles. The lowest BCUT2D eigenvalue weighted by atomic mass is 10.2. The van der Waals surface area contributed by atoms with Crippen LogP contribution < -0.4 is 10.2 Å². The second kappa shape index (κ2) is 7.47. The number of amides is 2. The second-order valence-corrected chi connectivity index (χ2v) is 7.40. The molecule has 8 heteroatoms. The van der Waals surface area contributed by atoms with Crippen molar-refractivity contribution in [2.75, 3.05) is 10.2 Å². The number of nitrogens with zero attached hydrogens (tertiary/aromatic N) is 1. The van der Waals surface area contributed by atoms with Gasteiger partial charge >= 0.3 is 0 Å². The molecule has 25 heavy (non-hydrogen) atoms. The minimum Gasteiger partial charge on any atom is -0.326 e. The summed E-state index contributed by atoms with van der Waals surface area (Å²) in [5, 5.41) is 11.0. The fourth-order valence-electron chi connectivity index (χ4n) is 2.44. The third kappa shape index (κ3) is 4.15. The molecule has 2 aromatic rings. The highest BCUT2D eigenvalue weighted by Crippen LogP contribution is 2.33. The predicted molar refractivity (Wildman–Crippen MR) is 103 cm³/mol. The van der Waals surface area contributed by atoms with Crippen molar-refractivity contribution in [3.05, 3.63) is 58.6 Å². The molecule has 2 amide bonds. The summed E-state index contributed by atoms with van der Waals surface area (Å²) in [7, 11) is 0. The summed E-state index contributed by atoms with van der Waals surface area (Å²) in [6.07, 6.45) is -0.0423. The van der Waals surface area contributed by atoms with E-state index in [-0.39, 0.29) is 23.4 Å². The summed E-state index contributed by atoms with van der Waals surface area (Å²) in [6, 6.07) is 13.6. The number of carbonyl (C=O) groups is 2. The highest BCUT2D eigenvalue weighted by molar-refractivity contribution is 8.16. The summed E-state index contributed by atoms with van der Waals surface area (Å²) in [6.45, 7) is 0. The van der Waals surface area contributed by atoms with E-state index in [9.17, 15) is 9.59 Å². The lowest BCUT2D eigenvalue weighted by Gasteiger charge is -2.15. The van der Waals surface area contributed by atoms with Crippen molar-refractivity contribution in [1.82, 2.24) is 0 Å². The van der Waals surface area contributed by atoms with Gasteiger partial charge in [-0.1, -0.05) is 53.2 Å². The first-order chi connectivity index (χ1) is 11.9. The second-order valence-electron chi connectivity index (χ2n) is 5.33. The Morgan fingerprint density at radius 1 is 1.16 bits per heavy atom. The number of hydrogen-bond acceptors (Lipinski definition) is 4. The average Bonchev–Trinajstić information content (AvgIpc) is 2.81. The Kier molecular flexibility index (Phi) is 5.32. The molecule has 1 fully saturated rings. The number of anilines is 2. The zero-order valence-corrected chi connectivity index (χ0v) is 15.2. The van der Waals surface area contributed by atoms with Crippen LogP contribution in [-0.2, 0) is 9.59 Å². The van der Waals surface area contributed by atoms with E-state index in [1.807, 2.05) is 6.07 Å². The van der Waals surface area contributed by atoms with E-state index in [0.29, 0.717) is 21.4 Å². The van der Waals surface area contributed by atoms with Crippen molar-refractivity contribution < 1.29 is 9.59 Å². The maximum atomic E-state index is 12.6. The van der Waals surface area contributed by atoms with E-state index in [1.54, 1.807) is 42.5 Å². The van der Waals surface area contributed by atoms with E-state index >= 15 is 0 Å². The van der Waals surface area contributed by atoms with Gasteiger partial charge in [-0.3, -0.25) is 19.9 Å². The molecule has 3 rings (SSSR count). The number of benzene rings is 2. The Morgan fingerprint density at radius 3 is 2.44 bits per heavy atom. The van der Waals surface area contributed by atoms with Gasteiger partial charge in [0.25, 0.3) is 0 Å². The third-order valence-electron chi connectivity index (χ3n) is 3.48. The summed E-state index contributed by atoms with van der Waals surface area (Å²) in [5.74, 6) is -0.618. The van der Waals surface area contributed by atoms with Crippen molar-refractivity contribution in [2.45, 2.75) is 11.7 Å². The highest BCUT2D eigenvalue weighted by Gasteiger charge is 2.39. The van der Waals surface area contributed by atoms with E-state index in [0.717, 1.165) is 11.8 Å². The van der Waals surface area contributed by atoms with Crippen LogP contribution in [0, 0.1) is 5.41 Å². The molecule has 5 nitrogen and oxygen atoms in total. The van der Waals surface area contributed by atoms with Gasteiger partial charge in [-0.25, -0.2) is 0 Å². The first-order valence-electron chi connectivity index (χ1n) is 7.34. The molecule has 1 saturated heterocycles. The van der Waals surface area contributed by atoms with Crippen LogP contribution in [0.25, 0.3) is 0 Å². The van der Waals surface area contributed by atoms with Crippen LogP contribution >= 0.6 is 35.0 Å². The average molecular weight is 394 g/mol. The number of carbonyl (C=O) groups excluding carboxylic acids is 2. The Morgan fingerprint density at radius 2 is 1.80 bits per heavy atom. The van der Waals surface area contributed by atoms with Gasteiger partial charge in [0.1, 0.15) is 5.25 Å². The Bertz CT molecular complexity index is 825. The molecule has 128 valence electrons. The zero-order valence-electron chi connectivity index (χ0n) is 12.8. The van der Waals surface area contributed by atoms with Crippen molar-refractivity contribution >= 4 is 63.3 Å². The van der Waals surface area contributed by atoms with Crippen LogP contribution in [-0.4, -0.2) is 22.2 Å². The summed E-state index contributed by atoms with van der Waals surface area (Å²) in [5.41, 5.74) is 1.09. The van der Waals surface area contributed by atoms with Gasteiger partial charge in [0.15, 0.2) is 5.17 Å². The van der Waals surface area contributed by atoms with Crippen LogP contribution in [0.3, 0.4) is 0 Å². The Hall–Kier alpha value is -2.02. The van der Waals surface area contributed by atoms with Crippen LogP contribution in [0.1, 0.15) is 6.42 Å². The SMILES string of the molecule is N=C1S[C@H](CC(=O)Nc2cc(Cl)cc(Cl)c2)C(=O)N1c1ccccc1. The molecule has 1 atom stereocenters. The zero-order chi connectivity index (χ0) is 18.0. The maximum absolute atomic E-state index is 12.6. The van der Waals surface area contributed by atoms with Gasteiger partial charge in [-0.15, -0.1) is 0 Å². The van der Waals surface area contributed by atoms with Crippen molar-refractivity contribution in [3.63, 3.8) is 0 Å². The van der Waals surface area contributed by atoms with Gasteiger partial charge in [0.05, 0.1) is 5.69 Å².